The van der Waals surface area contributed by atoms with Gasteiger partial charge in [-0.2, -0.15) is 0 Å². The predicted molar refractivity (Wildman–Crippen MR) is 85.0 cm³/mol. The van der Waals surface area contributed by atoms with Crippen LogP contribution in [0.3, 0.4) is 0 Å². The van der Waals surface area contributed by atoms with Crippen molar-refractivity contribution in [3.05, 3.63) is 35.6 Å². The average molecular weight is 274 g/mol. The topological polar surface area (TPSA) is 28.4 Å². The fourth-order valence-corrected chi connectivity index (χ4v) is 2.80. The van der Waals surface area contributed by atoms with Gasteiger partial charge in [-0.15, -0.1) is 0 Å². The quantitative estimate of drug-likeness (QED) is 0.875. The Morgan fingerprint density at radius 2 is 1.90 bits per heavy atom. The molecule has 0 amide bonds. The van der Waals surface area contributed by atoms with E-state index in [0.29, 0.717) is 12.0 Å². The van der Waals surface area contributed by atoms with E-state index in [1.807, 2.05) is 19.1 Å². The van der Waals surface area contributed by atoms with Crippen LogP contribution in [-0.4, -0.2) is 31.6 Å². The van der Waals surface area contributed by atoms with Crippen LogP contribution in [0.25, 0.3) is 11.0 Å². The van der Waals surface area contributed by atoms with Crippen molar-refractivity contribution >= 4 is 11.0 Å². The summed E-state index contributed by atoms with van der Waals surface area (Å²) in [6.07, 6.45) is 0. The molecule has 1 aromatic heterocycles. The molecule has 1 unspecified atom stereocenters. The molecule has 0 spiro atoms. The largest absolute Gasteiger partial charge is 0.461 e. The third-order valence-electron chi connectivity index (χ3n) is 3.99. The van der Waals surface area contributed by atoms with Gasteiger partial charge in [0.1, 0.15) is 11.3 Å². The van der Waals surface area contributed by atoms with Gasteiger partial charge in [0.2, 0.25) is 0 Å². The highest BCUT2D eigenvalue weighted by Gasteiger charge is 2.16. The molecule has 1 N–H and O–H groups in total. The van der Waals surface area contributed by atoms with Crippen LogP contribution in [0, 0.1) is 12.8 Å². The molecule has 0 fully saturated rings. The molecule has 0 bridgehead atoms. The minimum absolute atomic E-state index is 0.550. The first-order chi connectivity index (χ1) is 9.50. The average Bonchev–Trinajstić information content (AvgIpc) is 2.69. The number of aryl methyl sites for hydroxylation is 1. The fourth-order valence-electron chi connectivity index (χ4n) is 2.80. The van der Waals surface area contributed by atoms with Gasteiger partial charge in [-0.1, -0.05) is 32.0 Å². The van der Waals surface area contributed by atoms with Crippen molar-refractivity contribution in [2.75, 3.05) is 20.6 Å². The van der Waals surface area contributed by atoms with Gasteiger partial charge in [-0.05, 0) is 33.0 Å². The van der Waals surface area contributed by atoms with Crippen LogP contribution in [0.5, 0.6) is 0 Å². The summed E-state index contributed by atoms with van der Waals surface area (Å²) in [4.78, 5) is 2.29. The van der Waals surface area contributed by atoms with Gasteiger partial charge >= 0.3 is 0 Å². The van der Waals surface area contributed by atoms with E-state index in [-0.39, 0.29) is 0 Å². The lowest BCUT2D eigenvalue weighted by molar-refractivity contribution is 0.224. The fraction of sp³-hybridized carbons (Fsp3) is 0.529. The molecule has 0 aliphatic rings. The first kappa shape index (κ1) is 15.1. The van der Waals surface area contributed by atoms with Gasteiger partial charge in [-0.25, -0.2) is 0 Å². The highest BCUT2D eigenvalue weighted by atomic mass is 16.3. The second kappa shape index (κ2) is 6.42. The van der Waals surface area contributed by atoms with Crippen molar-refractivity contribution in [1.82, 2.24) is 10.2 Å². The summed E-state index contributed by atoms with van der Waals surface area (Å²) >= 11 is 0. The monoisotopic (exact) mass is 274 g/mol. The maximum atomic E-state index is 5.80. The zero-order chi connectivity index (χ0) is 14.7. The lowest BCUT2D eigenvalue weighted by Gasteiger charge is -2.28. The van der Waals surface area contributed by atoms with Crippen LogP contribution < -0.4 is 5.32 Å². The minimum Gasteiger partial charge on any atom is -0.461 e. The van der Waals surface area contributed by atoms with E-state index >= 15 is 0 Å². The number of hydrogen-bond donors (Lipinski definition) is 1. The lowest BCUT2D eigenvalue weighted by Crippen LogP contribution is -2.41. The molecule has 2 aromatic rings. The van der Waals surface area contributed by atoms with Crippen molar-refractivity contribution < 1.29 is 4.42 Å². The number of benzene rings is 1. The van der Waals surface area contributed by atoms with Crippen molar-refractivity contribution in [2.45, 2.75) is 33.4 Å². The highest BCUT2D eigenvalue weighted by Crippen LogP contribution is 2.24. The SMILES string of the molecule is Cc1oc2ccccc2c1CNCC(C(C)C)N(C)C. The van der Waals surface area contributed by atoms with Crippen LogP contribution in [0.2, 0.25) is 0 Å². The molecule has 1 heterocycles. The summed E-state index contributed by atoms with van der Waals surface area (Å²) in [7, 11) is 4.29. The second-order valence-corrected chi connectivity index (χ2v) is 6.04. The highest BCUT2D eigenvalue weighted by molar-refractivity contribution is 5.82. The molecular formula is C17H26N2O. The van der Waals surface area contributed by atoms with E-state index in [1.165, 1.54) is 10.9 Å². The van der Waals surface area contributed by atoms with Crippen molar-refractivity contribution in [1.29, 1.82) is 0 Å². The van der Waals surface area contributed by atoms with Crippen LogP contribution >= 0.6 is 0 Å². The molecule has 0 radical (unpaired) electrons. The van der Waals surface area contributed by atoms with Crippen LogP contribution in [-0.2, 0) is 6.54 Å². The number of nitrogens with one attached hydrogen (secondary N) is 1. The van der Waals surface area contributed by atoms with Gasteiger partial charge in [0.25, 0.3) is 0 Å². The third kappa shape index (κ3) is 3.22. The van der Waals surface area contributed by atoms with E-state index in [0.717, 1.165) is 24.4 Å². The predicted octanol–water partition coefficient (Wildman–Crippen LogP) is 3.42. The Kier molecular flexibility index (Phi) is 4.84. The maximum Gasteiger partial charge on any atom is 0.134 e. The van der Waals surface area contributed by atoms with E-state index in [1.54, 1.807) is 0 Å². The van der Waals surface area contributed by atoms with E-state index in [9.17, 15) is 0 Å². The number of fused-ring (bicyclic) bond motifs is 1. The van der Waals surface area contributed by atoms with Crippen LogP contribution in [0.1, 0.15) is 25.2 Å². The molecule has 3 nitrogen and oxygen atoms in total. The molecule has 0 saturated heterocycles. The van der Waals surface area contributed by atoms with Crippen LogP contribution in [0.4, 0.5) is 0 Å². The van der Waals surface area contributed by atoms with Gasteiger partial charge in [-0.3, -0.25) is 0 Å². The Balaban J connectivity index is 2.04. The van der Waals surface area contributed by atoms with E-state index in [4.69, 9.17) is 4.42 Å². The number of nitrogens with zero attached hydrogens (tertiary/aromatic N) is 1. The smallest absolute Gasteiger partial charge is 0.134 e. The van der Waals surface area contributed by atoms with E-state index in [2.05, 4.69) is 50.3 Å². The molecule has 3 heteroatoms. The maximum absolute atomic E-state index is 5.80. The number of para-hydroxylation sites is 1. The first-order valence-corrected chi connectivity index (χ1v) is 7.35. The summed E-state index contributed by atoms with van der Waals surface area (Å²) in [5.41, 5.74) is 2.26. The van der Waals surface area contributed by atoms with Gasteiger partial charge in [0.15, 0.2) is 0 Å². The van der Waals surface area contributed by atoms with Gasteiger partial charge in [0.05, 0.1) is 0 Å². The minimum atomic E-state index is 0.550. The summed E-state index contributed by atoms with van der Waals surface area (Å²) in [5.74, 6) is 1.66. The number of furan rings is 1. The Morgan fingerprint density at radius 3 is 2.55 bits per heavy atom. The standard InChI is InChI=1S/C17H26N2O/c1-12(2)16(19(4)5)11-18-10-15-13(3)20-17-9-7-6-8-14(15)17/h6-9,12,16,18H,10-11H2,1-5H3. The summed E-state index contributed by atoms with van der Waals surface area (Å²) < 4.78 is 5.80. The van der Waals surface area contributed by atoms with Crippen molar-refractivity contribution in [3.8, 4) is 0 Å². The molecular weight excluding hydrogens is 248 g/mol. The van der Waals surface area contributed by atoms with E-state index < -0.39 is 0 Å². The van der Waals surface area contributed by atoms with Gasteiger partial charge in [0, 0.05) is 30.1 Å². The van der Waals surface area contributed by atoms with Gasteiger partial charge < -0.3 is 14.6 Å². The van der Waals surface area contributed by atoms with Crippen molar-refractivity contribution in [3.63, 3.8) is 0 Å². The first-order valence-electron chi connectivity index (χ1n) is 7.35. The Hall–Kier alpha value is -1.32. The summed E-state index contributed by atoms with van der Waals surface area (Å²) in [6, 6.07) is 8.80. The molecule has 110 valence electrons. The number of hydrogen-bond acceptors (Lipinski definition) is 3. The molecule has 2 rings (SSSR count). The Labute approximate surface area is 122 Å². The molecule has 20 heavy (non-hydrogen) atoms. The molecule has 0 aliphatic carbocycles. The third-order valence-corrected chi connectivity index (χ3v) is 3.99. The normalized spacial score (nSPS) is 13.6. The lowest BCUT2D eigenvalue weighted by atomic mass is 10.0. The Bertz CT molecular complexity index is 549. The summed E-state index contributed by atoms with van der Waals surface area (Å²) in [5, 5.41) is 4.81. The number of likely N-dealkylation sites (N-methyl/N-ethyl adjacent to an activating group) is 1. The molecule has 0 aliphatic heterocycles. The zero-order valence-corrected chi connectivity index (χ0v) is 13.2. The van der Waals surface area contributed by atoms with Crippen LogP contribution in [0.15, 0.2) is 28.7 Å². The number of rotatable bonds is 6. The van der Waals surface area contributed by atoms with Crippen molar-refractivity contribution in [2.24, 2.45) is 5.92 Å². The second-order valence-electron chi connectivity index (χ2n) is 6.04. The molecule has 1 aromatic carbocycles. The Morgan fingerprint density at radius 1 is 1.20 bits per heavy atom. The summed E-state index contributed by atoms with van der Waals surface area (Å²) in [6.45, 7) is 8.43. The molecule has 0 saturated carbocycles. The zero-order valence-electron chi connectivity index (χ0n) is 13.2. The molecule has 1 atom stereocenters.